The van der Waals surface area contributed by atoms with E-state index in [1.807, 2.05) is 0 Å². The Kier molecular flexibility index (Phi) is 3.97. The Morgan fingerprint density at radius 2 is 2.04 bits per heavy atom. The van der Waals surface area contributed by atoms with Gasteiger partial charge in [-0.15, -0.1) is 0 Å². The first kappa shape index (κ1) is 17.2. The van der Waals surface area contributed by atoms with E-state index in [1.54, 1.807) is 0 Å². The van der Waals surface area contributed by atoms with Crippen LogP contribution in [0.4, 0.5) is 18.0 Å². The van der Waals surface area contributed by atoms with Crippen molar-refractivity contribution in [3.8, 4) is 0 Å². The summed E-state index contributed by atoms with van der Waals surface area (Å²) in [5.41, 5.74) is -1.83. The average Bonchev–Trinajstić information content (AvgIpc) is 3.27. The minimum atomic E-state index is -4.47. The number of urea groups is 1. The first-order valence-electron chi connectivity index (χ1n) is 7.66. The number of rotatable bonds is 5. The lowest BCUT2D eigenvalue weighted by atomic mass is 9.85. The van der Waals surface area contributed by atoms with Crippen LogP contribution in [0.25, 0.3) is 0 Å². The molecule has 3 amide bonds. The normalized spacial score (nSPS) is 28.4. The first-order valence-corrected chi connectivity index (χ1v) is 7.66. The molecule has 3 atom stereocenters. The first-order chi connectivity index (χ1) is 11.6. The molecule has 25 heavy (non-hydrogen) atoms. The second kappa shape index (κ2) is 5.75. The number of halogens is 3. The minimum Gasteiger partial charge on any atom is -0.481 e. The van der Waals surface area contributed by atoms with Crippen molar-refractivity contribution in [1.82, 2.24) is 10.6 Å². The number of hydrogen-bond donors (Lipinski definition) is 3. The fourth-order valence-electron chi connectivity index (χ4n) is 3.38. The zero-order valence-electron chi connectivity index (χ0n) is 12.9. The zero-order valence-corrected chi connectivity index (χ0v) is 12.9. The number of benzene rings is 1. The van der Waals surface area contributed by atoms with Crippen LogP contribution in [0.15, 0.2) is 24.3 Å². The average molecular weight is 356 g/mol. The lowest BCUT2D eigenvalue weighted by Gasteiger charge is -2.26. The molecule has 0 aromatic heterocycles. The van der Waals surface area contributed by atoms with Crippen LogP contribution in [0.5, 0.6) is 0 Å². The molecular formula is C16H15F3N2O4. The van der Waals surface area contributed by atoms with Crippen LogP contribution in [0.2, 0.25) is 0 Å². The van der Waals surface area contributed by atoms with Gasteiger partial charge in [-0.2, -0.15) is 13.2 Å². The fraction of sp³-hybridized carbons (Fsp3) is 0.438. The SMILES string of the molecule is O=C1NC(=O)C(CCc2cccc(C(F)(F)F)c2)(C2CC2C(=O)O)N1. The summed E-state index contributed by atoms with van der Waals surface area (Å²) in [6, 6.07) is 3.99. The zero-order chi connectivity index (χ0) is 18.4. The van der Waals surface area contributed by atoms with Crippen LogP contribution >= 0.6 is 0 Å². The second-order valence-corrected chi connectivity index (χ2v) is 6.36. The van der Waals surface area contributed by atoms with E-state index in [1.165, 1.54) is 12.1 Å². The molecule has 0 spiro atoms. The van der Waals surface area contributed by atoms with Crippen molar-refractivity contribution >= 4 is 17.9 Å². The number of imide groups is 1. The molecule has 1 aliphatic carbocycles. The maximum atomic E-state index is 12.8. The van der Waals surface area contributed by atoms with Crippen LogP contribution in [-0.4, -0.2) is 28.6 Å². The number of carboxylic acid groups (broad SMARTS) is 1. The topological polar surface area (TPSA) is 95.5 Å². The Labute approximate surface area is 140 Å². The third-order valence-electron chi connectivity index (χ3n) is 4.77. The maximum Gasteiger partial charge on any atom is 0.416 e. The highest BCUT2D eigenvalue weighted by Crippen LogP contribution is 2.49. The quantitative estimate of drug-likeness (QED) is 0.703. The van der Waals surface area contributed by atoms with Gasteiger partial charge in [-0.25, -0.2) is 4.79 Å². The Bertz CT molecular complexity index is 749. The number of hydrogen-bond acceptors (Lipinski definition) is 3. The summed E-state index contributed by atoms with van der Waals surface area (Å²) in [7, 11) is 0. The smallest absolute Gasteiger partial charge is 0.416 e. The lowest BCUT2D eigenvalue weighted by Crippen LogP contribution is -2.50. The molecule has 3 rings (SSSR count). The van der Waals surface area contributed by atoms with Gasteiger partial charge in [-0.3, -0.25) is 14.9 Å². The number of nitrogens with one attached hydrogen (secondary N) is 2. The van der Waals surface area contributed by atoms with E-state index in [4.69, 9.17) is 5.11 Å². The highest BCUT2D eigenvalue weighted by atomic mass is 19.4. The summed E-state index contributed by atoms with van der Waals surface area (Å²) in [6.07, 6.45) is -4.11. The van der Waals surface area contributed by atoms with Gasteiger partial charge in [-0.05, 0) is 30.9 Å². The molecule has 1 saturated carbocycles. The Morgan fingerprint density at radius 3 is 2.56 bits per heavy atom. The van der Waals surface area contributed by atoms with Gasteiger partial charge in [0.05, 0.1) is 11.5 Å². The van der Waals surface area contributed by atoms with Crippen LogP contribution in [-0.2, 0) is 22.2 Å². The summed E-state index contributed by atoms with van der Waals surface area (Å²) in [4.78, 5) is 34.9. The van der Waals surface area contributed by atoms with Gasteiger partial charge in [0.2, 0.25) is 0 Å². The third-order valence-corrected chi connectivity index (χ3v) is 4.77. The summed E-state index contributed by atoms with van der Waals surface area (Å²) >= 11 is 0. The van der Waals surface area contributed by atoms with Gasteiger partial charge in [-0.1, -0.05) is 18.2 Å². The summed E-state index contributed by atoms with van der Waals surface area (Å²) in [6.45, 7) is 0. The lowest BCUT2D eigenvalue weighted by molar-refractivity contribution is -0.139. The molecule has 1 aromatic rings. The Hall–Kier alpha value is -2.58. The van der Waals surface area contributed by atoms with E-state index in [0.29, 0.717) is 5.56 Å². The molecule has 3 N–H and O–H groups in total. The molecule has 2 aliphatic rings. The number of aliphatic carboxylic acids is 1. The minimum absolute atomic E-state index is 0.0281. The third kappa shape index (κ3) is 3.18. The Morgan fingerprint density at radius 1 is 1.32 bits per heavy atom. The molecular weight excluding hydrogens is 341 g/mol. The number of carbonyl (C=O) groups is 3. The molecule has 134 valence electrons. The van der Waals surface area contributed by atoms with Gasteiger partial charge in [0.15, 0.2) is 0 Å². The van der Waals surface area contributed by atoms with Crippen LogP contribution < -0.4 is 10.6 Å². The summed E-state index contributed by atoms with van der Waals surface area (Å²) in [5.74, 6) is -3.00. The number of amides is 3. The van der Waals surface area contributed by atoms with Gasteiger partial charge in [0, 0.05) is 5.92 Å². The summed E-state index contributed by atoms with van der Waals surface area (Å²) in [5, 5.41) is 13.7. The molecule has 1 saturated heterocycles. The molecule has 6 nitrogen and oxygen atoms in total. The second-order valence-electron chi connectivity index (χ2n) is 6.36. The molecule has 0 radical (unpaired) electrons. The van der Waals surface area contributed by atoms with Gasteiger partial charge in [0.25, 0.3) is 5.91 Å². The predicted octanol–water partition coefficient (Wildman–Crippen LogP) is 1.94. The van der Waals surface area contributed by atoms with E-state index in [0.717, 1.165) is 12.1 Å². The van der Waals surface area contributed by atoms with Crippen LogP contribution in [0, 0.1) is 11.8 Å². The van der Waals surface area contributed by atoms with Crippen molar-refractivity contribution in [3.05, 3.63) is 35.4 Å². The van der Waals surface area contributed by atoms with Crippen molar-refractivity contribution in [1.29, 1.82) is 0 Å². The highest BCUT2D eigenvalue weighted by Gasteiger charge is 2.62. The number of aryl methyl sites for hydroxylation is 1. The number of carboxylic acids is 1. The highest BCUT2D eigenvalue weighted by molar-refractivity contribution is 6.07. The maximum absolute atomic E-state index is 12.8. The van der Waals surface area contributed by atoms with Crippen molar-refractivity contribution in [3.63, 3.8) is 0 Å². The van der Waals surface area contributed by atoms with E-state index in [2.05, 4.69) is 10.6 Å². The monoisotopic (exact) mass is 356 g/mol. The van der Waals surface area contributed by atoms with Crippen molar-refractivity contribution in [2.75, 3.05) is 0 Å². The molecule has 9 heteroatoms. The van der Waals surface area contributed by atoms with Crippen LogP contribution in [0.3, 0.4) is 0 Å². The van der Waals surface area contributed by atoms with Gasteiger partial charge in [0.1, 0.15) is 5.54 Å². The van der Waals surface area contributed by atoms with Crippen LogP contribution in [0.1, 0.15) is 24.0 Å². The van der Waals surface area contributed by atoms with Crippen molar-refractivity contribution in [2.45, 2.75) is 31.0 Å². The number of carbonyl (C=O) groups excluding carboxylic acids is 2. The van der Waals surface area contributed by atoms with Gasteiger partial charge >= 0.3 is 18.2 Å². The Balaban J connectivity index is 1.80. The standard InChI is InChI=1S/C16H15F3N2O4/c17-16(18,19)9-3-1-2-8(6-9)4-5-15(11-7-10(11)12(22)23)13(24)20-14(25)21-15/h1-3,6,10-11H,4-5,7H2,(H,22,23)(H2,20,21,24,25). The molecule has 0 bridgehead atoms. The van der Waals surface area contributed by atoms with E-state index in [9.17, 15) is 27.6 Å². The number of alkyl halides is 3. The largest absolute Gasteiger partial charge is 0.481 e. The molecule has 1 heterocycles. The molecule has 3 unspecified atom stereocenters. The van der Waals surface area contributed by atoms with E-state index < -0.39 is 47.0 Å². The molecule has 1 aromatic carbocycles. The van der Waals surface area contributed by atoms with Crippen molar-refractivity contribution in [2.24, 2.45) is 11.8 Å². The van der Waals surface area contributed by atoms with E-state index >= 15 is 0 Å². The van der Waals surface area contributed by atoms with E-state index in [-0.39, 0.29) is 19.3 Å². The fourth-order valence-corrected chi connectivity index (χ4v) is 3.38. The summed E-state index contributed by atoms with van der Waals surface area (Å²) < 4.78 is 38.4. The molecule has 1 aliphatic heterocycles. The van der Waals surface area contributed by atoms with Gasteiger partial charge < -0.3 is 10.4 Å². The predicted molar refractivity (Wildman–Crippen MR) is 78.4 cm³/mol. The molecule has 2 fully saturated rings. The van der Waals surface area contributed by atoms with Crippen molar-refractivity contribution < 1.29 is 32.7 Å².